The zero-order valence-electron chi connectivity index (χ0n) is 55.5. The molecule has 0 spiro atoms. The lowest BCUT2D eigenvalue weighted by atomic mass is 9.33. The van der Waals surface area contributed by atoms with Crippen LogP contribution in [0.25, 0.3) is 0 Å². The summed E-state index contributed by atoms with van der Waals surface area (Å²) in [6.07, 6.45) is -13.2. The topological polar surface area (TPSA) is 321 Å². The monoisotopic (exact) mass is 1310 g/mol. The number of aliphatic hydroxyl groups excluding tert-OH is 5. The van der Waals surface area contributed by atoms with Crippen LogP contribution >= 0.6 is 0 Å². The lowest BCUT2D eigenvalue weighted by Crippen LogP contribution is -2.69. The van der Waals surface area contributed by atoms with Crippen molar-refractivity contribution in [3.8, 4) is 0 Å². The minimum Gasteiger partial charge on any atom is -0.467 e. The summed E-state index contributed by atoms with van der Waals surface area (Å²) in [5, 5.41) is 66.6. The van der Waals surface area contributed by atoms with Crippen LogP contribution in [0.3, 0.4) is 0 Å². The van der Waals surface area contributed by atoms with Gasteiger partial charge in [0.05, 0.1) is 27.4 Å². The van der Waals surface area contributed by atoms with E-state index in [0.717, 1.165) is 44.6 Å². The van der Waals surface area contributed by atoms with Crippen molar-refractivity contribution >= 4 is 41.4 Å². The fourth-order valence-electron chi connectivity index (χ4n) is 17.8. The van der Waals surface area contributed by atoms with Gasteiger partial charge in [-0.05, 0) is 119 Å². The number of benzene rings is 3. The number of rotatable bonds is 19. The Hall–Kier alpha value is -6.47. The summed E-state index contributed by atoms with van der Waals surface area (Å²) >= 11 is 0. The van der Waals surface area contributed by atoms with Gasteiger partial charge >= 0.3 is 17.9 Å². The first-order valence-corrected chi connectivity index (χ1v) is 33.0. The molecule has 2 aliphatic heterocycles. The molecule has 3 aromatic carbocycles. The largest absolute Gasteiger partial charge is 0.467 e. The van der Waals surface area contributed by atoms with Crippen LogP contribution in [-0.4, -0.2) is 174 Å². The second-order valence-corrected chi connectivity index (χ2v) is 29.4. The Morgan fingerprint density at radius 3 is 1.51 bits per heavy atom. The van der Waals surface area contributed by atoms with Gasteiger partial charge in [0, 0.05) is 30.6 Å². The molecular formula is C72H95N3O19. The summed E-state index contributed by atoms with van der Waals surface area (Å²) in [6.45, 7) is 15.1. The number of ketones is 1. The predicted molar refractivity (Wildman–Crippen MR) is 339 cm³/mol. The molecule has 3 amide bonds. The molecule has 5 aliphatic carbocycles. The van der Waals surface area contributed by atoms with Crippen molar-refractivity contribution in [2.24, 2.45) is 50.2 Å². The number of fused-ring (bicyclic) bond motifs is 7. The van der Waals surface area contributed by atoms with Gasteiger partial charge in [-0.2, -0.15) is 0 Å². The first-order chi connectivity index (χ1) is 44.5. The second-order valence-electron chi connectivity index (χ2n) is 29.4. The van der Waals surface area contributed by atoms with Gasteiger partial charge in [0.1, 0.15) is 54.7 Å². The fourth-order valence-corrected chi connectivity index (χ4v) is 17.8. The van der Waals surface area contributed by atoms with Crippen LogP contribution < -0.4 is 16.0 Å². The summed E-state index contributed by atoms with van der Waals surface area (Å²) in [4.78, 5) is 98.4. The smallest absolute Gasteiger partial charge is 0.328 e. The van der Waals surface area contributed by atoms with Gasteiger partial charge in [-0.1, -0.05) is 145 Å². The number of ether oxygens (including phenoxy) is 7. The number of hydrogen-bond acceptors (Lipinski definition) is 19. The van der Waals surface area contributed by atoms with Gasteiger partial charge in [-0.3, -0.25) is 19.2 Å². The summed E-state index contributed by atoms with van der Waals surface area (Å²) in [7, 11) is 3.61. The van der Waals surface area contributed by atoms with Crippen LogP contribution in [0, 0.1) is 50.2 Å². The molecule has 22 atom stereocenters. The first-order valence-electron chi connectivity index (χ1n) is 33.0. The molecule has 10 rings (SSSR count). The van der Waals surface area contributed by atoms with E-state index in [4.69, 9.17) is 33.2 Å². The molecular weight excluding hydrogens is 1210 g/mol. The highest BCUT2D eigenvalue weighted by Crippen LogP contribution is 2.75. The lowest BCUT2D eigenvalue weighted by Gasteiger charge is -2.70. The number of allylic oxidation sites excluding steroid dienone is 2. The number of esters is 3. The molecule has 0 bridgehead atoms. The third-order valence-corrected chi connectivity index (χ3v) is 23.5. The maximum Gasteiger partial charge on any atom is 0.328 e. The van der Waals surface area contributed by atoms with Gasteiger partial charge in [-0.25, -0.2) is 14.4 Å². The Morgan fingerprint density at radius 2 is 1.01 bits per heavy atom. The predicted octanol–water partition coefficient (Wildman–Crippen LogP) is 4.69. The van der Waals surface area contributed by atoms with E-state index in [2.05, 4.69) is 43.6 Å². The van der Waals surface area contributed by atoms with E-state index in [0.29, 0.717) is 49.7 Å². The van der Waals surface area contributed by atoms with Crippen LogP contribution in [0.4, 0.5) is 0 Å². The summed E-state index contributed by atoms with van der Waals surface area (Å²) < 4.78 is 40.9. The highest BCUT2D eigenvalue weighted by molar-refractivity contribution is 5.96. The molecule has 2 saturated heterocycles. The Morgan fingerprint density at radius 1 is 0.543 bits per heavy atom. The third kappa shape index (κ3) is 13.2. The molecule has 2 heterocycles. The van der Waals surface area contributed by atoms with Crippen LogP contribution in [0.15, 0.2) is 103 Å². The van der Waals surface area contributed by atoms with E-state index in [9.17, 15) is 54.3 Å². The Labute approximate surface area is 549 Å². The number of carbonyl (C=O) groups is 7. The molecule has 22 heteroatoms. The maximum atomic E-state index is 15.6. The quantitative estimate of drug-likeness (QED) is 0.0458. The van der Waals surface area contributed by atoms with Crippen LogP contribution in [0.5, 0.6) is 0 Å². The second kappa shape index (κ2) is 27.6. The minimum atomic E-state index is -2.13. The first kappa shape index (κ1) is 70.3. The molecule has 6 fully saturated rings. The number of aliphatic hydroxyl groups is 5. The molecule has 0 radical (unpaired) electrons. The van der Waals surface area contributed by atoms with Gasteiger partial charge in [0.15, 0.2) is 30.6 Å². The van der Waals surface area contributed by atoms with E-state index in [1.807, 2.05) is 57.2 Å². The number of amides is 3. The average molecular weight is 1310 g/mol. The molecule has 7 aliphatic rings. The van der Waals surface area contributed by atoms with Crippen LogP contribution in [0.2, 0.25) is 0 Å². The molecule has 8 N–H and O–H groups in total. The van der Waals surface area contributed by atoms with E-state index < -0.39 is 148 Å². The zero-order valence-corrected chi connectivity index (χ0v) is 55.5. The summed E-state index contributed by atoms with van der Waals surface area (Å²) in [6, 6.07) is 23.5. The standard InChI is InChI=1S/C72H95N3O19/c1-67(2)48-26-29-72(7)58(47(76)37-42-43-38-69(4,31-30-68(43,3)32-33-71(42,72)6)66(87)75-46(63(86)90-10)36-41-24-18-13-19-25-41)70(48,5)28-27-49(67)91-65-57(53(80)52(79)56(93-65)60(83)74-45(62(85)89-9)35-40-22-16-12-17-23-40)94-64-54(81)50(77)51(78)55(92-64)59(82)73-44(61(84)88-8)34-39-20-14-11-15-21-39/h11-25,37,43-46,48-58,64-65,77-81H,26-36,38H2,1-10H3,(H,73,82)(H,74,83)(H,75,87)/t43-,44-,45-,46-,48-,49-,50-,51-,52-,53-,54+,55-,56-,57+,58+,64-,65-,68+,69-,70-,71+,72+/m0/s1. The maximum absolute atomic E-state index is 15.6. The van der Waals surface area contributed by atoms with Gasteiger partial charge in [-0.15, -0.1) is 0 Å². The lowest BCUT2D eigenvalue weighted by molar-refractivity contribution is -0.369. The normalized spacial score (nSPS) is 37.6. The number of methoxy groups -OCH3 is 3. The molecule has 512 valence electrons. The SMILES string of the molecule is COC(=O)[C@H](Cc1ccccc1)NC(=O)[C@H]1O[C@@H](O[C@H]2[C@@H](O[C@H]3CC[C@]4(C)[C@H]5C(=O)C=C6[C@@H]7C[C@@](C)(C(=O)N[C@@H](Cc8ccccc8)C(=O)OC)CC[C@]7(C)CC[C@@]6(C)[C@]5(C)CC[C@H]4C3(C)C)O[C@H](C(=O)N[C@@H](Cc3ccccc3)C(=O)OC)[C@@H](O)[C@@H]2O)[C@H](O)[C@@H](O)[C@@H]1O. The van der Waals surface area contributed by atoms with Crippen molar-refractivity contribution in [1.29, 1.82) is 0 Å². The highest BCUT2D eigenvalue weighted by Gasteiger charge is 2.71. The highest BCUT2D eigenvalue weighted by atomic mass is 16.8. The zero-order chi connectivity index (χ0) is 68.0. The average Bonchev–Trinajstić information content (AvgIpc) is 0.674. The fraction of sp³-hybridized carbons (Fsp3) is 0.625. The third-order valence-electron chi connectivity index (χ3n) is 23.5. The Balaban J connectivity index is 0.920. The molecule has 22 nitrogen and oxygen atoms in total. The summed E-state index contributed by atoms with van der Waals surface area (Å²) in [5.41, 5.74) is -0.176. The number of nitrogens with one attached hydrogen (secondary N) is 3. The van der Waals surface area contributed by atoms with Crippen molar-refractivity contribution in [3.05, 3.63) is 119 Å². The van der Waals surface area contributed by atoms with Crippen molar-refractivity contribution in [1.82, 2.24) is 16.0 Å². The van der Waals surface area contributed by atoms with Crippen LogP contribution in [-0.2, 0) is 86.0 Å². The Bertz CT molecular complexity index is 3300. The van der Waals surface area contributed by atoms with Crippen molar-refractivity contribution in [3.63, 3.8) is 0 Å². The molecule has 4 saturated carbocycles. The van der Waals surface area contributed by atoms with Crippen molar-refractivity contribution in [2.45, 2.75) is 211 Å². The summed E-state index contributed by atoms with van der Waals surface area (Å²) in [5.74, 6) is -5.24. The van der Waals surface area contributed by atoms with E-state index in [-0.39, 0.29) is 48.2 Å². The van der Waals surface area contributed by atoms with E-state index in [1.165, 1.54) is 7.11 Å². The van der Waals surface area contributed by atoms with Gasteiger partial charge < -0.3 is 74.6 Å². The van der Waals surface area contributed by atoms with Crippen molar-refractivity contribution in [2.75, 3.05) is 21.3 Å². The Kier molecular flexibility index (Phi) is 20.6. The minimum absolute atomic E-state index is 0.0217. The van der Waals surface area contributed by atoms with E-state index >= 15 is 4.79 Å². The molecule has 0 aromatic heterocycles. The van der Waals surface area contributed by atoms with Gasteiger partial charge in [0.25, 0.3) is 11.8 Å². The molecule has 0 unspecified atom stereocenters. The van der Waals surface area contributed by atoms with Crippen LogP contribution in [0.1, 0.15) is 123 Å². The van der Waals surface area contributed by atoms with Crippen molar-refractivity contribution < 1.29 is 92.3 Å². The number of carbonyl (C=O) groups excluding carboxylic acids is 7. The van der Waals surface area contributed by atoms with E-state index in [1.54, 1.807) is 60.7 Å². The molecule has 94 heavy (non-hydrogen) atoms. The van der Waals surface area contributed by atoms with Gasteiger partial charge in [0.2, 0.25) is 5.91 Å². The number of hydrogen-bond donors (Lipinski definition) is 8. The molecule has 3 aromatic rings.